The number of aryl methyl sites for hydroxylation is 1. The molecule has 0 aliphatic heterocycles. The molecule has 3 rings (SSSR count). The van der Waals surface area contributed by atoms with Crippen molar-refractivity contribution < 1.29 is 14.3 Å². The molecular formula is C23H22N2O3. The average Bonchev–Trinajstić information content (AvgIpc) is 2.70. The highest BCUT2D eigenvalue weighted by Crippen LogP contribution is 2.28. The maximum absolute atomic E-state index is 12.3. The van der Waals surface area contributed by atoms with Gasteiger partial charge in [0.1, 0.15) is 5.75 Å². The highest BCUT2D eigenvalue weighted by Gasteiger charge is 2.11. The number of benzene rings is 3. The largest absolute Gasteiger partial charge is 0.455 e. The van der Waals surface area contributed by atoms with Crippen LogP contribution in [-0.2, 0) is 16.0 Å². The van der Waals surface area contributed by atoms with E-state index in [2.05, 4.69) is 10.6 Å². The molecule has 0 spiro atoms. The zero-order chi connectivity index (χ0) is 19.8. The molecule has 0 aliphatic carbocycles. The lowest BCUT2D eigenvalue weighted by Gasteiger charge is -2.12. The van der Waals surface area contributed by atoms with E-state index < -0.39 is 0 Å². The van der Waals surface area contributed by atoms with Gasteiger partial charge in [0.05, 0.1) is 18.7 Å². The molecule has 0 radical (unpaired) electrons. The molecule has 3 aromatic rings. The van der Waals surface area contributed by atoms with Crippen molar-refractivity contribution >= 4 is 17.5 Å². The van der Waals surface area contributed by atoms with Gasteiger partial charge in [-0.2, -0.15) is 0 Å². The topological polar surface area (TPSA) is 67.4 Å². The van der Waals surface area contributed by atoms with Gasteiger partial charge in [-0.15, -0.1) is 0 Å². The predicted octanol–water partition coefficient (Wildman–Crippen LogP) is 4.08. The number of anilines is 1. The SMILES string of the molecule is Cc1ccccc1CC(=O)NCC(=O)Nc1ccccc1Oc1ccccc1. The lowest BCUT2D eigenvalue weighted by atomic mass is 10.1. The van der Waals surface area contributed by atoms with Crippen LogP contribution >= 0.6 is 0 Å². The third-order valence-electron chi connectivity index (χ3n) is 4.19. The Hall–Kier alpha value is -3.60. The van der Waals surface area contributed by atoms with Gasteiger partial charge in [0.25, 0.3) is 0 Å². The van der Waals surface area contributed by atoms with Gasteiger partial charge in [-0.1, -0.05) is 54.6 Å². The Morgan fingerprint density at radius 2 is 1.50 bits per heavy atom. The minimum absolute atomic E-state index is 0.107. The number of para-hydroxylation sites is 3. The summed E-state index contributed by atoms with van der Waals surface area (Å²) in [4.78, 5) is 24.4. The fraction of sp³-hybridized carbons (Fsp3) is 0.130. The molecular weight excluding hydrogens is 352 g/mol. The van der Waals surface area contributed by atoms with E-state index in [9.17, 15) is 9.59 Å². The van der Waals surface area contributed by atoms with Crippen molar-refractivity contribution in [2.24, 2.45) is 0 Å². The summed E-state index contributed by atoms with van der Waals surface area (Å²) in [5, 5.41) is 5.44. The molecule has 0 aliphatic rings. The second-order valence-corrected chi connectivity index (χ2v) is 6.34. The minimum Gasteiger partial charge on any atom is -0.455 e. The van der Waals surface area contributed by atoms with E-state index in [1.54, 1.807) is 12.1 Å². The zero-order valence-corrected chi connectivity index (χ0v) is 15.6. The minimum atomic E-state index is -0.317. The number of hydrogen-bond donors (Lipinski definition) is 2. The van der Waals surface area contributed by atoms with Gasteiger partial charge in [0.2, 0.25) is 11.8 Å². The molecule has 0 unspecified atom stereocenters. The summed E-state index contributed by atoms with van der Waals surface area (Å²) in [6, 6.07) is 24.2. The Bertz CT molecular complexity index is 955. The maximum Gasteiger partial charge on any atom is 0.243 e. The van der Waals surface area contributed by atoms with Crippen LogP contribution in [0.15, 0.2) is 78.9 Å². The van der Waals surface area contributed by atoms with Gasteiger partial charge in [-0.25, -0.2) is 0 Å². The zero-order valence-electron chi connectivity index (χ0n) is 15.6. The molecule has 5 heteroatoms. The summed E-state index contributed by atoms with van der Waals surface area (Å²) in [7, 11) is 0. The van der Waals surface area contributed by atoms with Gasteiger partial charge in [-0.05, 0) is 42.3 Å². The van der Waals surface area contributed by atoms with Crippen molar-refractivity contribution in [1.82, 2.24) is 5.32 Å². The Morgan fingerprint density at radius 3 is 2.29 bits per heavy atom. The van der Waals surface area contributed by atoms with Gasteiger partial charge >= 0.3 is 0 Å². The fourth-order valence-electron chi connectivity index (χ4n) is 2.69. The molecule has 0 bridgehead atoms. The van der Waals surface area contributed by atoms with Gasteiger partial charge in [0.15, 0.2) is 5.75 Å². The number of rotatable bonds is 7. The maximum atomic E-state index is 12.3. The Morgan fingerprint density at radius 1 is 0.821 bits per heavy atom. The summed E-state index contributed by atoms with van der Waals surface area (Å²) >= 11 is 0. The van der Waals surface area contributed by atoms with Crippen LogP contribution in [0.25, 0.3) is 0 Å². The van der Waals surface area contributed by atoms with Crippen molar-refractivity contribution in [3.05, 3.63) is 90.0 Å². The third kappa shape index (κ3) is 5.45. The molecule has 142 valence electrons. The van der Waals surface area contributed by atoms with E-state index >= 15 is 0 Å². The van der Waals surface area contributed by atoms with Gasteiger partial charge in [-0.3, -0.25) is 9.59 Å². The van der Waals surface area contributed by atoms with E-state index in [-0.39, 0.29) is 24.8 Å². The first-order valence-electron chi connectivity index (χ1n) is 9.05. The van der Waals surface area contributed by atoms with Crippen LogP contribution in [0.1, 0.15) is 11.1 Å². The molecule has 0 saturated carbocycles. The average molecular weight is 374 g/mol. The van der Waals surface area contributed by atoms with Crippen LogP contribution in [0.2, 0.25) is 0 Å². The van der Waals surface area contributed by atoms with Crippen LogP contribution in [0, 0.1) is 6.92 Å². The van der Waals surface area contributed by atoms with E-state index in [0.717, 1.165) is 11.1 Å². The molecule has 0 fully saturated rings. The van der Waals surface area contributed by atoms with E-state index in [1.165, 1.54) is 0 Å². The first-order chi connectivity index (χ1) is 13.6. The normalized spacial score (nSPS) is 10.2. The Balaban J connectivity index is 1.55. The second-order valence-electron chi connectivity index (χ2n) is 6.34. The first kappa shape index (κ1) is 19.2. The highest BCUT2D eigenvalue weighted by atomic mass is 16.5. The summed E-state index contributed by atoms with van der Waals surface area (Å²) < 4.78 is 5.83. The van der Waals surface area contributed by atoms with Gasteiger partial charge in [0, 0.05) is 0 Å². The molecule has 0 heterocycles. The van der Waals surface area contributed by atoms with E-state index in [4.69, 9.17) is 4.74 Å². The second kappa shape index (κ2) is 9.37. The van der Waals surface area contributed by atoms with Crippen LogP contribution in [-0.4, -0.2) is 18.4 Å². The summed E-state index contributed by atoms with van der Waals surface area (Å²) in [5.41, 5.74) is 2.54. The molecule has 5 nitrogen and oxygen atoms in total. The van der Waals surface area contributed by atoms with Crippen molar-refractivity contribution in [2.75, 3.05) is 11.9 Å². The molecule has 0 saturated heterocycles. The van der Waals surface area contributed by atoms with Crippen LogP contribution in [0.3, 0.4) is 0 Å². The fourth-order valence-corrected chi connectivity index (χ4v) is 2.69. The standard InChI is InChI=1S/C23H22N2O3/c1-17-9-5-6-10-18(17)15-22(26)24-16-23(27)25-20-13-7-8-14-21(20)28-19-11-3-2-4-12-19/h2-14H,15-16H2,1H3,(H,24,26)(H,25,27). The summed E-state index contributed by atoms with van der Waals surface area (Å²) in [6.07, 6.45) is 0.244. The van der Waals surface area contributed by atoms with Crippen LogP contribution in [0.5, 0.6) is 11.5 Å². The van der Waals surface area contributed by atoms with Gasteiger partial charge < -0.3 is 15.4 Å². The smallest absolute Gasteiger partial charge is 0.243 e. The lowest BCUT2D eigenvalue weighted by Crippen LogP contribution is -2.33. The molecule has 0 atom stereocenters. The number of amides is 2. The van der Waals surface area contributed by atoms with Crippen LogP contribution in [0.4, 0.5) is 5.69 Å². The number of carbonyl (C=O) groups excluding carboxylic acids is 2. The Labute approximate surface area is 164 Å². The quantitative estimate of drug-likeness (QED) is 0.655. The number of nitrogens with one attached hydrogen (secondary N) is 2. The highest BCUT2D eigenvalue weighted by molar-refractivity contribution is 5.95. The monoisotopic (exact) mass is 374 g/mol. The summed E-state index contributed by atoms with van der Waals surface area (Å²) in [6.45, 7) is 1.85. The van der Waals surface area contributed by atoms with Crippen molar-refractivity contribution in [3.63, 3.8) is 0 Å². The lowest BCUT2D eigenvalue weighted by molar-refractivity contribution is -0.123. The number of ether oxygens (including phenoxy) is 1. The third-order valence-corrected chi connectivity index (χ3v) is 4.19. The number of hydrogen-bond acceptors (Lipinski definition) is 3. The molecule has 3 aromatic carbocycles. The van der Waals surface area contributed by atoms with E-state index in [0.29, 0.717) is 17.2 Å². The van der Waals surface area contributed by atoms with Crippen molar-refractivity contribution in [2.45, 2.75) is 13.3 Å². The predicted molar refractivity (Wildman–Crippen MR) is 109 cm³/mol. The first-order valence-corrected chi connectivity index (χ1v) is 9.05. The number of carbonyl (C=O) groups is 2. The van der Waals surface area contributed by atoms with E-state index in [1.807, 2.05) is 73.7 Å². The molecule has 0 aromatic heterocycles. The van der Waals surface area contributed by atoms with Crippen LogP contribution < -0.4 is 15.4 Å². The summed E-state index contributed by atoms with van der Waals surface area (Å²) in [5.74, 6) is 0.699. The van der Waals surface area contributed by atoms with Crippen molar-refractivity contribution in [1.29, 1.82) is 0 Å². The Kier molecular flexibility index (Phi) is 6.41. The molecule has 28 heavy (non-hydrogen) atoms. The van der Waals surface area contributed by atoms with Crippen molar-refractivity contribution in [3.8, 4) is 11.5 Å². The molecule has 2 amide bonds. The molecule has 2 N–H and O–H groups in total.